The highest BCUT2D eigenvalue weighted by Crippen LogP contribution is 2.30. The van der Waals surface area contributed by atoms with E-state index in [0.29, 0.717) is 29.1 Å². The van der Waals surface area contributed by atoms with Gasteiger partial charge < -0.3 is 4.90 Å². The number of aryl methyl sites for hydroxylation is 1. The molecule has 2 heterocycles. The van der Waals surface area contributed by atoms with Crippen LogP contribution in [0.1, 0.15) is 18.3 Å². The smallest absolute Gasteiger partial charge is 0.171 e. The van der Waals surface area contributed by atoms with Crippen molar-refractivity contribution in [2.45, 2.75) is 26.1 Å². The minimum atomic E-state index is -3.16. The maximum atomic E-state index is 12.3. The zero-order valence-corrected chi connectivity index (χ0v) is 14.1. The van der Waals surface area contributed by atoms with E-state index in [1.807, 2.05) is 11.8 Å². The molecule has 112 valence electrons. The lowest BCUT2D eigenvalue weighted by Crippen LogP contribution is -2.48. The third-order valence-electron chi connectivity index (χ3n) is 3.35. The monoisotopic (exact) mass is 335 g/mol. The highest BCUT2D eigenvalue weighted by Gasteiger charge is 2.34. The molecule has 20 heavy (non-hydrogen) atoms. The molecule has 0 spiro atoms. The standard InChI is InChI=1S/C12H18ClN3O2S2/c1-4-20(17,18)10-7-19-6-5-16(10)12-8(2)11(13)14-9(3)15-12/h10H,4-7H2,1-3H3. The molecule has 0 aromatic carbocycles. The van der Waals surface area contributed by atoms with Crippen molar-refractivity contribution in [1.82, 2.24) is 9.97 Å². The van der Waals surface area contributed by atoms with E-state index in [1.54, 1.807) is 25.6 Å². The summed E-state index contributed by atoms with van der Waals surface area (Å²) < 4.78 is 24.6. The highest BCUT2D eigenvalue weighted by atomic mass is 35.5. The number of nitrogens with zero attached hydrogens (tertiary/aromatic N) is 3. The molecule has 0 aliphatic carbocycles. The minimum absolute atomic E-state index is 0.131. The van der Waals surface area contributed by atoms with Crippen LogP contribution in [0.15, 0.2) is 0 Å². The number of hydrogen-bond acceptors (Lipinski definition) is 6. The van der Waals surface area contributed by atoms with Crippen molar-refractivity contribution in [3.63, 3.8) is 0 Å². The average molecular weight is 336 g/mol. The predicted octanol–water partition coefficient (Wildman–Crippen LogP) is 2.06. The Morgan fingerprint density at radius 2 is 2.10 bits per heavy atom. The van der Waals surface area contributed by atoms with Gasteiger partial charge in [0.2, 0.25) is 0 Å². The van der Waals surface area contributed by atoms with Gasteiger partial charge in [0, 0.05) is 29.4 Å². The molecule has 0 amide bonds. The molecule has 5 nitrogen and oxygen atoms in total. The van der Waals surface area contributed by atoms with Gasteiger partial charge in [-0.2, -0.15) is 11.8 Å². The second-order valence-electron chi connectivity index (χ2n) is 4.68. The molecular formula is C12H18ClN3O2S2. The molecule has 1 saturated heterocycles. The molecule has 1 aliphatic heterocycles. The number of thioether (sulfide) groups is 1. The summed E-state index contributed by atoms with van der Waals surface area (Å²) in [5.41, 5.74) is 0.737. The van der Waals surface area contributed by atoms with Gasteiger partial charge in [0.1, 0.15) is 22.2 Å². The van der Waals surface area contributed by atoms with Crippen molar-refractivity contribution in [2.24, 2.45) is 0 Å². The number of hydrogen-bond donors (Lipinski definition) is 0. The van der Waals surface area contributed by atoms with Gasteiger partial charge in [-0.25, -0.2) is 18.4 Å². The van der Waals surface area contributed by atoms with Crippen molar-refractivity contribution in [3.05, 3.63) is 16.5 Å². The Kier molecular flexibility index (Phi) is 4.81. The van der Waals surface area contributed by atoms with Crippen LogP contribution in [0.25, 0.3) is 0 Å². The Hall–Kier alpha value is -0.530. The minimum Gasteiger partial charge on any atom is -0.338 e. The molecule has 0 N–H and O–H groups in total. The van der Waals surface area contributed by atoms with Gasteiger partial charge in [0.05, 0.1) is 0 Å². The zero-order valence-electron chi connectivity index (χ0n) is 11.8. The Morgan fingerprint density at radius 3 is 2.75 bits per heavy atom. The van der Waals surface area contributed by atoms with Gasteiger partial charge in [-0.1, -0.05) is 18.5 Å². The fraction of sp³-hybridized carbons (Fsp3) is 0.667. The molecule has 0 radical (unpaired) electrons. The molecule has 8 heteroatoms. The molecule has 1 atom stereocenters. The largest absolute Gasteiger partial charge is 0.338 e. The van der Waals surface area contributed by atoms with Crippen LogP contribution >= 0.6 is 23.4 Å². The first kappa shape index (κ1) is 15.9. The number of anilines is 1. The second kappa shape index (κ2) is 6.07. The summed E-state index contributed by atoms with van der Waals surface area (Å²) in [7, 11) is -3.16. The molecule has 1 aliphatic rings. The fourth-order valence-electron chi connectivity index (χ4n) is 2.17. The lowest BCUT2D eigenvalue weighted by Gasteiger charge is -2.36. The normalized spacial score (nSPS) is 20.2. The SMILES string of the molecule is CCS(=O)(=O)C1CSCCN1c1nc(C)nc(Cl)c1C. The Morgan fingerprint density at radius 1 is 1.40 bits per heavy atom. The average Bonchev–Trinajstić information content (AvgIpc) is 2.43. The topological polar surface area (TPSA) is 63.2 Å². The molecule has 2 rings (SSSR count). The quantitative estimate of drug-likeness (QED) is 0.788. The van der Waals surface area contributed by atoms with Crippen molar-refractivity contribution in [2.75, 3.05) is 28.7 Å². The molecule has 1 fully saturated rings. The van der Waals surface area contributed by atoms with E-state index in [1.165, 1.54) is 0 Å². The second-order valence-corrected chi connectivity index (χ2v) is 8.64. The first-order chi connectivity index (χ1) is 9.36. The molecule has 1 aromatic rings. The fourth-order valence-corrected chi connectivity index (χ4v) is 5.35. The first-order valence-electron chi connectivity index (χ1n) is 6.43. The maximum Gasteiger partial charge on any atom is 0.171 e. The zero-order chi connectivity index (χ0) is 14.9. The molecule has 1 aromatic heterocycles. The summed E-state index contributed by atoms with van der Waals surface area (Å²) in [4.78, 5) is 10.4. The van der Waals surface area contributed by atoms with Crippen LogP contribution in [0.4, 0.5) is 5.82 Å². The summed E-state index contributed by atoms with van der Waals surface area (Å²) in [5, 5.41) is -0.145. The van der Waals surface area contributed by atoms with E-state index >= 15 is 0 Å². The van der Waals surface area contributed by atoms with Gasteiger partial charge in [-0.3, -0.25) is 0 Å². The van der Waals surface area contributed by atoms with Gasteiger partial charge in [0.25, 0.3) is 0 Å². The van der Waals surface area contributed by atoms with E-state index in [9.17, 15) is 8.42 Å². The lowest BCUT2D eigenvalue weighted by atomic mass is 10.3. The summed E-state index contributed by atoms with van der Waals surface area (Å²) in [6.07, 6.45) is 0. The molecule has 0 saturated carbocycles. The first-order valence-corrected chi connectivity index (χ1v) is 9.68. The predicted molar refractivity (Wildman–Crippen MR) is 84.4 cm³/mol. The number of aromatic nitrogens is 2. The summed E-state index contributed by atoms with van der Waals surface area (Å²) in [6, 6.07) is 0. The van der Waals surface area contributed by atoms with Crippen molar-refractivity contribution < 1.29 is 8.42 Å². The Bertz CT molecular complexity index is 607. The van der Waals surface area contributed by atoms with Gasteiger partial charge in [0.15, 0.2) is 9.84 Å². The summed E-state index contributed by atoms with van der Waals surface area (Å²) in [6.45, 7) is 5.92. The van der Waals surface area contributed by atoms with Crippen molar-refractivity contribution >= 4 is 39.0 Å². The van der Waals surface area contributed by atoms with Crippen LogP contribution < -0.4 is 4.90 Å². The van der Waals surface area contributed by atoms with Crippen LogP contribution in [0.2, 0.25) is 5.15 Å². The van der Waals surface area contributed by atoms with Crippen LogP contribution in [0, 0.1) is 13.8 Å². The summed E-state index contributed by atoms with van der Waals surface area (Å²) >= 11 is 7.76. The van der Waals surface area contributed by atoms with Crippen LogP contribution in [-0.2, 0) is 9.84 Å². The van der Waals surface area contributed by atoms with Crippen LogP contribution in [0.3, 0.4) is 0 Å². The third-order valence-corrected chi connectivity index (χ3v) is 7.00. The number of sulfone groups is 1. The third kappa shape index (κ3) is 3.04. The number of halogens is 1. The van der Waals surface area contributed by atoms with E-state index in [4.69, 9.17) is 11.6 Å². The lowest BCUT2D eigenvalue weighted by molar-refractivity contribution is 0.578. The van der Waals surface area contributed by atoms with E-state index in [2.05, 4.69) is 9.97 Å². The van der Waals surface area contributed by atoms with Gasteiger partial charge in [-0.05, 0) is 13.8 Å². The van der Waals surface area contributed by atoms with E-state index in [-0.39, 0.29) is 5.75 Å². The maximum absolute atomic E-state index is 12.3. The highest BCUT2D eigenvalue weighted by molar-refractivity contribution is 8.01. The van der Waals surface area contributed by atoms with E-state index < -0.39 is 15.2 Å². The van der Waals surface area contributed by atoms with Crippen molar-refractivity contribution in [1.29, 1.82) is 0 Å². The molecule has 1 unspecified atom stereocenters. The summed E-state index contributed by atoms with van der Waals surface area (Å²) in [5.74, 6) is 2.78. The van der Waals surface area contributed by atoms with E-state index in [0.717, 1.165) is 11.3 Å². The van der Waals surface area contributed by atoms with Gasteiger partial charge in [-0.15, -0.1) is 0 Å². The van der Waals surface area contributed by atoms with Crippen LogP contribution in [-0.4, -0.2) is 47.6 Å². The Balaban J connectivity index is 2.48. The number of rotatable bonds is 3. The molecule has 0 bridgehead atoms. The van der Waals surface area contributed by atoms with Crippen molar-refractivity contribution in [3.8, 4) is 0 Å². The molecular weight excluding hydrogens is 318 g/mol. The Labute approximate surface area is 129 Å². The van der Waals surface area contributed by atoms with Gasteiger partial charge >= 0.3 is 0 Å². The van der Waals surface area contributed by atoms with Crippen LogP contribution in [0.5, 0.6) is 0 Å².